The smallest absolute Gasteiger partial charge is 0.224 e. The van der Waals surface area contributed by atoms with Gasteiger partial charge in [-0.15, -0.1) is 0 Å². The second-order valence-electron chi connectivity index (χ2n) is 3.40. The third-order valence-corrected chi connectivity index (χ3v) is 2.69. The summed E-state index contributed by atoms with van der Waals surface area (Å²) < 4.78 is 0. The van der Waals surface area contributed by atoms with Crippen LogP contribution in [-0.4, -0.2) is 16.5 Å². The van der Waals surface area contributed by atoms with Crippen molar-refractivity contribution < 1.29 is 0 Å². The summed E-state index contributed by atoms with van der Waals surface area (Å²) in [5, 5.41) is 9.67. The van der Waals surface area contributed by atoms with E-state index in [1.165, 1.54) is 0 Å². The van der Waals surface area contributed by atoms with Gasteiger partial charge in [0, 0.05) is 16.9 Å². The van der Waals surface area contributed by atoms with Crippen LogP contribution < -0.4 is 4.90 Å². The number of nitriles is 1. The van der Waals surface area contributed by atoms with E-state index in [1.807, 2.05) is 12.1 Å². The standard InChI is InChI=1S/C12H8Cl2N4/c13-9-1-3-10(4-2-9)18(8-6-15)11-5-7-16-12(14)17-11/h1-5,7H,8H2. The number of aromatic nitrogens is 2. The summed E-state index contributed by atoms with van der Waals surface area (Å²) in [5.74, 6) is 0.568. The lowest BCUT2D eigenvalue weighted by molar-refractivity contribution is 1.03. The second-order valence-corrected chi connectivity index (χ2v) is 4.18. The SMILES string of the molecule is N#CCN(c1ccc(Cl)cc1)c1ccnc(Cl)n1. The number of benzene rings is 1. The summed E-state index contributed by atoms with van der Waals surface area (Å²) in [4.78, 5) is 9.63. The van der Waals surface area contributed by atoms with Crippen molar-refractivity contribution in [2.75, 3.05) is 11.4 Å². The third-order valence-electron chi connectivity index (χ3n) is 2.26. The minimum absolute atomic E-state index is 0.143. The highest BCUT2D eigenvalue weighted by Crippen LogP contribution is 2.25. The Hall–Kier alpha value is -1.83. The highest BCUT2D eigenvalue weighted by atomic mass is 35.5. The molecule has 0 bridgehead atoms. The second kappa shape index (κ2) is 5.67. The number of nitrogens with zero attached hydrogens (tertiary/aromatic N) is 4. The molecule has 0 spiro atoms. The van der Waals surface area contributed by atoms with Gasteiger partial charge in [0.25, 0.3) is 0 Å². The highest BCUT2D eigenvalue weighted by molar-refractivity contribution is 6.30. The predicted molar refractivity (Wildman–Crippen MR) is 71.1 cm³/mol. The molecular formula is C12H8Cl2N4. The van der Waals surface area contributed by atoms with E-state index in [9.17, 15) is 0 Å². The van der Waals surface area contributed by atoms with Gasteiger partial charge in [-0.3, -0.25) is 0 Å². The molecule has 0 radical (unpaired) electrons. The van der Waals surface area contributed by atoms with E-state index in [4.69, 9.17) is 28.5 Å². The van der Waals surface area contributed by atoms with Crippen molar-refractivity contribution in [3.8, 4) is 6.07 Å². The first-order valence-electron chi connectivity index (χ1n) is 5.09. The van der Waals surface area contributed by atoms with E-state index in [1.54, 1.807) is 29.3 Å². The van der Waals surface area contributed by atoms with Gasteiger partial charge in [-0.2, -0.15) is 5.26 Å². The summed E-state index contributed by atoms with van der Waals surface area (Å²) in [6.07, 6.45) is 1.55. The topological polar surface area (TPSA) is 52.8 Å². The summed E-state index contributed by atoms with van der Waals surface area (Å²) in [7, 11) is 0. The van der Waals surface area contributed by atoms with Gasteiger partial charge in [0.2, 0.25) is 5.28 Å². The minimum Gasteiger partial charge on any atom is -0.312 e. The van der Waals surface area contributed by atoms with E-state index in [0.29, 0.717) is 10.8 Å². The molecule has 1 aromatic carbocycles. The molecule has 0 aliphatic heterocycles. The van der Waals surface area contributed by atoms with E-state index in [-0.39, 0.29) is 11.8 Å². The number of hydrogen-bond donors (Lipinski definition) is 0. The fourth-order valence-electron chi connectivity index (χ4n) is 1.47. The van der Waals surface area contributed by atoms with Crippen LogP contribution in [0.15, 0.2) is 36.5 Å². The molecule has 2 rings (SSSR count). The Morgan fingerprint density at radius 2 is 1.89 bits per heavy atom. The average molecular weight is 279 g/mol. The van der Waals surface area contributed by atoms with Crippen LogP contribution in [0.4, 0.5) is 11.5 Å². The fraction of sp³-hybridized carbons (Fsp3) is 0.0833. The first kappa shape index (κ1) is 12.6. The number of anilines is 2. The molecule has 0 aliphatic rings. The van der Waals surface area contributed by atoms with Crippen molar-refractivity contribution in [2.45, 2.75) is 0 Å². The quantitative estimate of drug-likeness (QED) is 0.638. The zero-order chi connectivity index (χ0) is 13.0. The molecule has 0 aliphatic carbocycles. The molecule has 0 saturated carbocycles. The molecule has 0 amide bonds. The highest BCUT2D eigenvalue weighted by Gasteiger charge is 2.10. The van der Waals surface area contributed by atoms with Gasteiger partial charge >= 0.3 is 0 Å². The van der Waals surface area contributed by atoms with Crippen molar-refractivity contribution in [2.24, 2.45) is 0 Å². The van der Waals surface area contributed by atoms with Crippen LogP contribution in [0.25, 0.3) is 0 Å². The molecule has 6 heteroatoms. The van der Waals surface area contributed by atoms with Crippen molar-refractivity contribution in [3.63, 3.8) is 0 Å². The monoisotopic (exact) mass is 278 g/mol. The van der Waals surface area contributed by atoms with Crippen molar-refractivity contribution >= 4 is 34.7 Å². The van der Waals surface area contributed by atoms with Crippen LogP contribution >= 0.6 is 23.2 Å². The van der Waals surface area contributed by atoms with E-state index >= 15 is 0 Å². The molecule has 1 heterocycles. The Balaban J connectivity index is 2.40. The third kappa shape index (κ3) is 2.89. The maximum atomic E-state index is 8.89. The summed E-state index contributed by atoms with van der Waals surface area (Å²) in [5.41, 5.74) is 0.815. The molecule has 90 valence electrons. The van der Waals surface area contributed by atoms with Crippen LogP contribution in [0, 0.1) is 11.3 Å². The molecule has 0 unspecified atom stereocenters. The molecule has 2 aromatic rings. The number of rotatable bonds is 3. The van der Waals surface area contributed by atoms with Gasteiger partial charge < -0.3 is 4.90 Å². The molecule has 4 nitrogen and oxygen atoms in total. The first-order chi connectivity index (χ1) is 8.70. The van der Waals surface area contributed by atoms with Gasteiger partial charge in [-0.1, -0.05) is 11.6 Å². The summed E-state index contributed by atoms with van der Waals surface area (Å²) in [6, 6.07) is 10.9. The Labute approximate surface area is 114 Å². The largest absolute Gasteiger partial charge is 0.312 e. The van der Waals surface area contributed by atoms with Gasteiger partial charge in [0.1, 0.15) is 12.4 Å². The molecule has 1 aromatic heterocycles. The van der Waals surface area contributed by atoms with Crippen LogP contribution in [-0.2, 0) is 0 Å². The minimum atomic E-state index is 0.143. The van der Waals surface area contributed by atoms with Crippen LogP contribution in [0.5, 0.6) is 0 Å². The normalized spacial score (nSPS) is 9.83. The molecule has 0 N–H and O–H groups in total. The van der Waals surface area contributed by atoms with Gasteiger partial charge in [-0.05, 0) is 41.9 Å². The van der Waals surface area contributed by atoms with E-state index in [2.05, 4.69) is 16.0 Å². The van der Waals surface area contributed by atoms with Crippen LogP contribution in [0.3, 0.4) is 0 Å². The Bertz CT molecular complexity index is 577. The lowest BCUT2D eigenvalue weighted by Crippen LogP contribution is -2.18. The molecule has 18 heavy (non-hydrogen) atoms. The van der Waals surface area contributed by atoms with Crippen molar-refractivity contribution in [1.29, 1.82) is 5.26 Å². The summed E-state index contributed by atoms with van der Waals surface area (Å²) in [6.45, 7) is 0.162. The lowest BCUT2D eigenvalue weighted by Gasteiger charge is -2.20. The Morgan fingerprint density at radius 3 is 2.50 bits per heavy atom. The lowest BCUT2D eigenvalue weighted by atomic mass is 10.3. The van der Waals surface area contributed by atoms with Gasteiger partial charge in [0.05, 0.1) is 6.07 Å². The zero-order valence-corrected chi connectivity index (χ0v) is 10.7. The van der Waals surface area contributed by atoms with Crippen molar-refractivity contribution in [3.05, 3.63) is 46.8 Å². The fourth-order valence-corrected chi connectivity index (χ4v) is 1.74. The van der Waals surface area contributed by atoms with Gasteiger partial charge in [0.15, 0.2) is 0 Å². The predicted octanol–water partition coefficient (Wildman–Crippen LogP) is 3.45. The Morgan fingerprint density at radius 1 is 1.17 bits per heavy atom. The molecule has 0 saturated heterocycles. The Kier molecular flexibility index (Phi) is 3.98. The number of hydrogen-bond acceptors (Lipinski definition) is 4. The maximum absolute atomic E-state index is 8.89. The van der Waals surface area contributed by atoms with E-state index in [0.717, 1.165) is 5.69 Å². The average Bonchev–Trinajstić information content (AvgIpc) is 2.37. The van der Waals surface area contributed by atoms with Crippen molar-refractivity contribution in [1.82, 2.24) is 9.97 Å². The van der Waals surface area contributed by atoms with Crippen LogP contribution in [0.2, 0.25) is 10.3 Å². The number of halogens is 2. The maximum Gasteiger partial charge on any atom is 0.224 e. The van der Waals surface area contributed by atoms with E-state index < -0.39 is 0 Å². The summed E-state index contributed by atoms with van der Waals surface area (Å²) >= 11 is 11.6. The first-order valence-corrected chi connectivity index (χ1v) is 5.85. The zero-order valence-electron chi connectivity index (χ0n) is 9.22. The van der Waals surface area contributed by atoms with Crippen LogP contribution in [0.1, 0.15) is 0 Å². The molecular weight excluding hydrogens is 271 g/mol. The van der Waals surface area contributed by atoms with Gasteiger partial charge in [-0.25, -0.2) is 9.97 Å². The molecule has 0 fully saturated rings. The molecule has 0 atom stereocenters.